The monoisotopic (exact) mass is 719 g/mol. The number of benzene rings is 5. The number of para-hydroxylation sites is 1. The lowest BCUT2D eigenvalue weighted by Crippen LogP contribution is -2.30. The molecule has 0 spiro atoms. The summed E-state index contributed by atoms with van der Waals surface area (Å²) in [4.78, 5) is 40.5. The number of carbonyl (C=O) groups is 3. The Hall–Kier alpha value is -5.03. The topological polar surface area (TPSA) is 87.3 Å². The van der Waals surface area contributed by atoms with E-state index in [9.17, 15) is 27.6 Å². The first-order chi connectivity index (χ1) is 23.5. The molecule has 248 valence electrons. The number of nitrogens with one attached hydrogen (secondary N) is 3. The van der Waals surface area contributed by atoms with E-state index in [1.54, 1.807) is 103 Å². The highest BCUT2D eigenvalue weighted by atomic mass is 35.5. The second kappa shape index (κ2) is 15.9. The molecule has 0 aliphatic heterocycles. The molecule has 0 heterocycles. The SMILES string of the molecule is O=C(Nc1ccc(SC(C(=O)Nc2ccccc2C(F)(F)F)c2ccccc2)cc1)/C(=C/c1cccc(Cl)c1Cl)NC(=O)c1ccccc1. The lowest BCUT2D eigenvalue weighted by molar-refractivity contribution is -0.137. The third-order valence-corrected chi connectivity index (χ3v) is 9.11. The number of carbonyl (C=O) groups excluding carboxylic acids is 3. The first-order valence-electron chi connectivity index (χ1n) is 14.6. The summed E-state index contributed by atoms with van der Waals surface area (Å²) in [5.74, 6) is -1.81. The second-order valence-electron chi connectivity index (χ2n) is 10.4. The molecule has 1 atom stereocenters. The van der Waals surface area contributed by atoms with Crippen LogP contribution >= 0.6 is 35.0 Å². The van der Waals surface area contributed by atoms with Gasteiger partial charge in [-0.05, 0) is 71.8 Å². The van der Waals surface area contributed by atoms with E-state index < -0.39 is 34.7 Å². The molecular formula is C37H26Cl2F3N3O3S. The van der Waals surface area contributed by atoms with Gasteiger partial charge in [-0.15, -0.1) is 11.8 Å². The molecule has 3 amide bonds. The zero-order chi connectivity index (χ0) is 35.0. The average Bonchev–Trinajstić information content (AvgIpc) is 3.10. The van der Waals surface area contributed by atoms with E-state index >= 15 is 0 Å². The third-order valence-electron chi connectivity index (χ3n) is 7.01. The van der Waals surface area contributed by atoms with Gasteiger partial charge in [0.25, 0.3) is 11.8 Å². The predicted octanol–water partition coefficient (Wildman–Crippen LogP) is 9.89. The minimum atomic E-state index is -4.65. The van der Waals surface area contributed by atoms with E-state index in [1.165, 1.54) is 24.3 Å². The van der Waals surface area contributed by atoms with Crippen LogP contribution in [0, 0.1) is 0 Å². The molecule has 5 rings (SSSR count). The fourth-order valence-electron chi connectivity index (χ4n) is 4.62. The van der Waals surface area contributed by atoms with Crippen molar-refractivity contribution in [2.24, 2.45) is 0 Å². The van der Waals surface area contributed by atoms with E-state index in [2.05, 4.69) is 16.0 Å². The number of amides is 3. The summed E-state index contributed by atoms with van der Waals surface area (Å²) in [7, 11) is 0. The Bertz CT molecular complexity index is 1990. The molecule has 6 nitrogen and oxygen atoms in total. The molecule has 0 saturated carbocycles. The van der Waals surface area contributed by atoms with Gasteiger partial charge in [-0.2, -0.15) is 13.2 Å². The second-order valence-corrected chi connectivity index (χ2v) is 12.4. The van der Waals surface area contributed by atoms with Crippen molar-refractivity contribution >= 4 is 70.1 Å². The van der Waals surface area contributed by atoms with Crippen LogP contribution in [0.1, 0.15) is 32.3 Å². The van der Waals surface area contributed by atoms with Crippen LogP contribution in [0.25, 0.3) is 6.08 Å². The number of halogens is 5. The van der Waals surface area contributed by atoms with Gasteiger partial charge < -0.3 is 16.0 Å². The van der Waals surface area contributed by atoms with Crippen molar-refractivity contribution in [3.05, 3.63) is 165 Å². The van der Waals surface area contributed by atoms with Crippen LogP contribution in [0.4, 0.5) is 24.5 Å². The van der Waals surface area contributed by atoms with Crippen molar-refractivity contribution in [3.8, 4) is 0 Å². The van der Waals surface area contributed by atoms with Gasteiger partial charge in [-0.25, -0.2) is 0 Å². The van der Waals surface area contributed by atoms with Gasteiger partial charge in [0.2, 0.25) is 5.91 Å². The van der Waals surface area contributed by atoms with Crippen molar-refractivity contribution in [2.45, 2.75) is 16.3 Å². The number of anilines is 2. The van der Waals surface area contributed by atoms with E-state index in [0.29, 0.717) is 27.3 Å². The summed E-state index contributed by atoms with van der Waals surface area (Å²) >= 11 is 13.6. The van der Waals surface area contributed by atoms with Gasteiger partial charge in [0.05, 0.1) is 21.3 Å². The Balaban J connectivity index is 1.36. The lowest BCUT2D eigenvalue weighted by atomic mass is 10.1. The molecule has 0 saturated heterocycles. The summed E-state index contributed by atoms with van der Waals surface area (Å²) in [6.07, 6.45) is -3.24. The van der Waals surface area contributed by atoms with Crippen LogP contribution in [0.5, 0.6) is 0 Å². The summed E-state index contributed by atoms with van der Waals surface area (Å²) in [6, 6.07) is 33.2. The minimum Gasteiger partial charge on any atom is -0.324 e. The molecule has 0 bridgehead atoms. The first kappa shape index (κ1) is 35.3. The highest BCUT2D eigenvalue weighted by molar-refractivity contribution is 8.00. The van der Waals surface area contributed by atoms with E-state index in [-0.39, 0.29) is 21.4 Å². The molecular weight excluding hydrogens is 694 g/mol. The molecule has 3 N–H and O–H groups in total. The van der Waals surface area contributed by atoms with Crippen molar-refractivity contribution in [1.82, 2.24) is 5.32 Å². The Morgan fingerprint density at radius 2 is 1.35 bits per heavy atom. The third kappa shape index (κ3) is 9.32. The van der Waals surface area contributed by atoms with Crippen molar-refractivity contribution < 1.29 is 27.6 Å². The summed E-state index contributed by atoms with van der Waals surface area (Å²) in [5, 5.41) is 7.39. The molecule has 0 aliphatic carbocycles. The Morgan fingerprint density at radius 3 is 2.02 bits per heavy atom. The van der Waals surface area contributed by atoms with Gasteiger partial charge >= 0.3 is 6.18 Å². The molecule has 49 heavy (non-hydrogen) atoms. The first-order valence-corrected chi connectivity index (χ1v) is 16.3. The van der Waals surface area contributed by atoms with Gasteiger partial charge in [-0.1, -0.05) is 96.0 Å². The minimum absolute atomic E-state index is 0.101. The quantitative estimate of drug-likeness (QED) is 0.0991. The molecule has 0 aromatic heterocycles. The Labute approximate surface area is 294 Å². The summed E-state index contributed by atoms with van der Waals surface area (Å²) in [5.41, 5.74) is 0.285. The zero-order valence-electron chi connectivity index (χ0n) is 25.3. The number of thioether (sulfide) groups is 1. The van der Waals surface area contributed by atoms with Crippen LogP contribution in [-0.4, -0.2) is 17.7 Å². The van der Waals surface area contributed by atoms with Gasteiger partial charge in [0, 0.05) is 16.1 Å². The van der Waals surface area contributed by atoms with Gasteiger partial charge in [0.15, 0.2) is 0 Å². The zero-order valence-corrected chi connectivity index (χ0v) is 27.6. The summed E-state index contributed by atoms with van der Waals surface area (Å²) < 4.78 is 40.8. The maximum Gasteiger partial charge on any atom is 0.418 e. The highest BCUT2D eigenvalue weighted by Crippen LogP contribution is 2.39. The molecule has 1 unspecified atom stereocenters. The van der Waals surface area contributed by atoms with Gasteiger partial charge in [-0.3, -0.25) is 14.4 Å². The molecule has 12 heteroatoms. The molecule has 5 aromatic carbocycles. The van der Waals surface area contributed by atoms with Crippen LogP contribution in [-0.2, 0) is 15.8 Å². The molecule has 0 radical (unpaired) electrons. The lowest BCUT2D eigenvalue weighted by Gasteiger charge is -2.19. The fourth-order valence-corrected chi connectivity index (χ4v) is 6.01. The average molecular weight is 721 g/mol. The fraction of sp³-hybridized carbons (Fsp3) is 0.0541. The van der Waals surface area contributed by atoms with Crippen molar-refractivity contribution in [3.63, 3.8) is 0 Å². The van der Waals surface area contributed by atoms with Gasteiger partial charge in [0.1, 0.15) is 10.9 Å². The Morgan fingerprint density at radius 1 is 0.714 bits per heavy atom. The van der Waals surface area contributed by atoms with E-state index in [0.717, 1.165) is 17.8 Å². The molecule has 5 aromatic rings. The van der Waals surface area contributed by atoms with Crippen molar-refractivity contribution in [2.75, 3.05) is 10.6 Å². The Kier molecular flexibility index (Phi) is 11.5. The number of rotatable bonds is 10. The normalized spacial score (nSPS) is 12.1. The largest absolute Gasteiger partial charge is 0.418 e. The number of hydrogen-bond donors (Lipinski definition) is 3. The summed E-state index contributed by atoms with van der Waals surface area (Å²) in [6.45, 7) is 0. The maximum absolute atomic E-state index is 13.6. The molecule has 0 aliphatic rings. The standard InChI is InChI=1S/C37H26Cl2F3N3O3S/c38-29-16-9-14-25(32(29)39)22-31(45-34(46)24-12-5-2-6-13-24)35(47)43-26-18-20-27(21-19-26)49-33(23-10-3-1-4-11-23)36(48)44-30-17-8-7-15-28(30)37(40,41)42/h1-22,33H,(H,43,47)(H,44,48)(H,45,46)/b31-22-. The predicted molar refractivity (Wildman–Crippen MR) is 189 cm³/mol. The number of alkyl halides is 3. The molecule has 0 fully saturated rings. The van der Waals surface area contributed by atoms with Crippen molar-refractivity contribution in [1.29, 1.82) is 0 Å². The van der Waals surface area contributed by atoms with Crippen LogP contribution < -0.4 is 16.0 Å². The number of hydrogen-bond acceptors (Lipinski definition) is 4. The van der Waals surface area contributed by atoms with Crippen LogP contribution in [0.15, 0.2) is 138 Å². The smallest absolute Gasteiger partial charge is 0.324 e. The van der Waals surface area contributed by atoms with Crippen LogP contribution in [0.3, 0.4) is 0 Å². The van der Waals surface area contributed by atoms with E-state index in [4.69, 9.17) is 23.2 Å². The maximum atomic E-state index is 13.6. The van der Waals surface area contributed by atoms with E-state index in [1.807, 2.05) is 0 Å². The van der Waals surface area contributed by atoms with Crippen LogP contribution in [0.2, 0.25) is 10.0 Å². The highest BCUT2D eigenvalue weighted by Gasteiger charge is 2.34.